The second-order valence-corrected chi connectivity index (χ2v) is 5.47. The molecule has 0 atom stereocenters. The minimum absolute atomic E-state index is 0.0584. The molecule has 2 rings (SSSR count). The Morgan fingerprint density at radius 1 is 1.08 bits per heavy atom. The van der Waals surface area contributed by atoms with Crippen LogP contribution in [0.15, 0.2) is 12.1 Å². The van der Waals surface area contributed by atoms with Crippen molar-refractivity contribution < 1.29 is 19.4 Å². The molecule has 10 nitrogen and oxygen atoms in total. The summed E-state index contributed by atoms with van der Waals surface area (Å²) in [5.74, 6) is -0.684. The van der Waals surface area contributed by atoms with Gasteiger partial charge in [0.25, 0.3) is 17.3 Å². The van der Waals surface area contributed by atoms with E-state index in [9.17, 15) is 29.8 Å². The Kier molecular flexibility index (Phi) is 5.07. The maximum absolute atomic E-state index is 12.0. The van der Waals surface area contributed by atoms with Gasteiger partial charge >= 0.3 is 0 Å². The molecule has 1 aliphatic carbocycles. The Morgan fingerprint density at radius 3 is 2.04 bits per heavy atom. The molecule has 0 heterocycles. The van der Waals surface area contributed by atoms with Gasteiger partial charge in [-0.3, -0.25) is 29.8 Å². The molecule has 1 aromatic carbocycles. The molecule has 24 heavy (non-hydrogen) atoms. The number of nitrogens with one attached hydrogen (secondary N) is 2. The highest BCUT2D eigenvalue weighted by atomic mass is 16.6. The van der Waals surface area contributed by atoms with E-state index < -0.39 is 27.1 Å². The predicted octanol–water partition coefficient (Wildman–Crippen LogP) is 1.07. The largest absolute Gasteiger partial charge is 0.354 e. The average molecular weight is 336 g/mol. The molecule has 0 unspecified atom stereocenters. The van der Waals surface area contributed by atoms with E-state index in [0.717, 1.165) is 25.0 Å². The first-order valence-electron chi connectivity index (χ1n) is 7.30. The molecule has 10 heteroatoms. The first kappa shape index (κ1) is 17.3. The van der Waals surface area contributed by atoms with Gasteiger partial charge in [0.15, 0.2) is 0 Å². The minimum atomic E-state index is -0.769. The highest BCUT2D eigenvalue weighted by Crippen LogP contribution is 2.29. The van der Waals surface area contributed by atoms with Gasteiger partial charge in [-0.25, -0.2) is 0 Å². The van der Waals surface area contributed by atoms with Gasteiger partial charge in [0, 0.05) is 31.1 Å². The summed E-state index contributed by atoms with van der Waals surface area (Å²) in [5, 5.41) is 27.1. The van der Waals surface area contributed by atoms with Gasteiger partial charge in [-0.15, -0.1) is 0 Å². The first-order valence-corrected chi connectivity index (χ1v) is 7.30. The van der Waals surface area contributed by atoms with Crippen molar-refractivity contribution in [1.82, 2.24) is 10.6 Å². The molecular weight excluding hydrogens is 320 g/mol. The molecule has 0 aromatic heterocycles. The zero-order valence-corrected chi connectivity index (χ0v) is 12.9. The molecule has 0 aliphatic heterocycles. The van der Waals surface area contributed by atoms with Gasteiger partial charge in [0.2, 0.25) is 5.91 Å². The molecule has 128 valence electrons. The smallest absolute Gasteiger partial charge is 0.279 e. The van der Waals surface area contributed by atoms with Crippen LogP contribution in [0, 0.1) is 33.1 Å². The number of nitro groups is 2. The lowest BCUT2D eigenvalue weighted by Gasteiger charge is -2.08. The van der Waals surface area contributed by atoms with Crippen molar-refractivity contribution in [2.24, 2.45) is 5.92 Å². The van der Waals surface area contributed by atoms with E-state index in [1.165, 1.54) is 6.92 Å². The van der Waals surface area contributed by atoms with Crippen molar-refractivity contribution in [2.45, 2.75) is 19.8 Å². The first-order chi connectivity index (χ1) is 11.3. The maximum Gasteiger partial charge on any atom is 0.279 e. The Morgan fingerprint density at radius 2 is 1.58 bits per heavy atom. The van der Waals surface area contributed by atoms with Crippen LogP contribution in [0.25, 0.3) is 0 Å². The van der Waals surface area contributed by atoms with Crippen LogP contribution in [0.1, 0.15) is 28.8 Å². The van der Waals surface area contributed by atoms with E-state index in [-0.39, 0.29) is 36.0 Å². The van der Waals surface area contributed by atoms with Crippen LogP contribution in [0.2, 0.25) is 0 Å². The van der Waals surface area contributed by atoms with Crippen molar-refractivity contribution in [3.05, 3.63) is 43.5 Å². The van der Waals surface area contributed by atoms with E-state index in [1.807, 2.05) is 0 Å². The normalized spacial score (nSPS) is 13.2. The number of carbonyl (C=O) groups is 2. The Hall–Kier alpha value is -3.04. The van der Waals surface area contributed by atoms with Gasteiger partial charge < -0.3 is 10.6 Å². The molecule has 0 spiro atoms. The summed E-state index contributed by atoms with van der Waals surface area (Å²) in [7, 11) is 0. The monoisotopic (exact) mass is 336 g/mol. The number of rotatable bonds is 7. The second-order valence-electron chi connectivity index (χ2n) is 5.47. The molecule has 2 amide bonds. The van der Waals surface area contributed by atoms with Crippen molar-refractivity contribution >= 4 is 23.2 Å². The molecular formula is C14H16N4O6. The molecule has 1 fully saturated rings. The second kappa shape index (κ2) is 7.02. The van der Waals surface area contributed by atoms with Crippen LogP contribution >= 0.6 is 0 Å². The van der Waals surface area contributed by atoms with Crippen LogP contribution in [-0.2, 0) is 4.79 Å². The molecule has 0 saturated heterocycles. The lowest BCUT2D eigenvalue weighted by atomic mass is 10.1. The number of benzene rings is 1. The molecule has 2 N–H and O–H groups in total. The Labute approximate surface area is 136 Å². The lowest BCUT2D eigenvalue weighted by Crippen LogP contribution is -2.35. The average Bonchev–Trinajstić information content (AvgIpc) is 3.35. The number of hydrogen-bond acceptors (Lipinski definition) is 6. The summed E-state index contributed by atoms with van der Waals surface area (Å²) in [6.07, 6.45) is 1.74. The van der Waals surface area contributed by atoms with Crippen molar-refractivity contribution in [3.63, 3.8) is 0 Å². The van der Waals surface area contributed by atoms with Crippen LogP contribution < -0.4 is 10.6 Å². The molecule has 0 radical (unpaired) electrons. The van der Waals surface area contributed by atoms with Gasteiger partial charge in [-0.1, -0.05) is 0 Å². The number of carbonyl (C=O) groups excluding carboxylic acids is 2. The lowest BCUT2D eigenvalue weighted by molar-refractivity contribution is -0.395. The fraction of sp³-hybridized carbons (Fsp3) is 0.429. The summed E-state index contributed by atoms with van der Waals surface area (Å²) < 4.78 is 0. The fourth-order valence-corrected chi connectivity index (χ4v) is 2.15. The molecule has 1 aliphatic rings. The molecule has 1 aromatic rings. The van der Waals surface area contributed by atoms with Crippen LogP contribution in [0.5, 0.6) is 0 Å². The van der Waals surface area contributed by atoms with E-state index in [1.54, 1.807) is 0 Å². The van der Waals surface area contributed by atoms with Gasteiger partial charge in [-0.2, -0.15) is 0 Å². The SMILES string of the molecule is Cc1c([N+](=O)[O-])cc(C(=O)NCCNC(=O)C2CC2)cc1[N+](=O)[O-]. The Balaban J connectivity index is 2.03. The zero-order chi connectivity index (χ0) is 17.9. The number of hydrogen-bond donors (Lipinski definition) is 2. The van der Waals surface area contributed by atoms with Crippen LogP contribution in [0.4, 0.5) is 11.4 Å². The fourth-order valence-electron chi connectivity index (χ4n) is 2.15. The van der Waals surface area contributed by atoms with Crippen molar-refractivity contribution in [2.75, 3.05) is 13.1 Å². The standard InChI is InChI=1S/C14H16N4O6/c1-8-11(17(21)22)6-10(7-12(8)18(23)24)14(20)16-5-4-15-13(19)9-2-3-9/h6-7,9H,2-5H2,1H3,(H,15,19)(H,16,20). The predicted molar refractivity (Wildman–Crippen MR) is 82.6 cm³/mol. The van der Waals surface area contributed by atoms with Crippen LogP contribution in [-0.4, -0.2) is 34.8 Å². The molecule has 0 bridgehead atoms. The number of nitro benzene ring substituents is 2. The Bertz CT molecular complexity index is 678. The third-order valence-corrected chi connectivity index (χ3v) is 3.67. The van der Waals surface area contributed by atoms with Gasteiger partial charge in [-0.05, 0) is 19.8 Å². The summed E-state index contributed by atoms with van der Waals surface area (Å²) in [4.78, 5) is 43.9. The quantitative estimate of drug-likeness (QED) is 0.433. The maximum atomic E-state index is 12.0. The third kappa shape index (κ3) is 4.03. The van der Waals surface area contributed by atoms with Gasteiger partial charge in [0.1, 0.15) is 5.56 Å². The van der Waals surface area contributed by atoms with E-state index in [4.69, 9.17) is 0 Å². The molecule has 1 saturated carbocycles. The third-order valence-electron chi connectivity index (χ3n) is 3.67. The zero-order valence-electron chi connectivity index (χ0n) is 12.9. The number of nitrogens with zero attached hydrogens (tertiary/aromatic N) is 2. The summed E-state index contributed by atoms with van der Waals surface area (Å²) in [6.45, 7) is 1.59. The highest BCUT2D eigenvalue weighted by molar-refractivity contribution is 5.96. The number of amides is 2. The summed E-state index contributed by atoms with van der Waals surface area (Å²) >= 11 is 0. The summed E-state index contributed by atoms with van der Waals surface area (Å²) in [6, 6.07) is 2.00. The van der Waals surface area contributed by atoms with E-state index >= 15 is 0 Å². The minimum Gasteiger partial charge on any atom is -0.354 e. The topological polar surface area (TPSA) is 144 Å². The highest BCUT2D eigenvalue weighted by Gasteiger charge is 2.29. The van der Waals surface area contributed by atoms with Crippen LogP contribution in [0.3, 0.4) is 0 Å². The van der Waals surface area contributed by atoms with Crippen molar-refractivity contribution in [1.29, 1.82) is 0 Å². The summed E-state index contributed by atoms with van der Waals surface area (Å²) in [5.41, 5.74) is -1.27. The van der Waals surface area contributed by atoms with E-state index in [0.29, 0.717) is 0 Å². The van der Waals surface area contributed by atoms with Crippen molar-refractivity contribution in [3.8, 4) is 0 Å². The van der Waals surface area contributed by atoms with Gasteiger partial charge in [0.05, 0.1) is 15.4 Å². The van der Waals surface area contributed by atoms with E-state index in [2.05, 4.69) is 10.6 Å².